The highest BCUT2D eigenvalue weighted by molar-refractivity contribution is 7.99. The number of anilines is 3. The van der Waals surface area contributed by atoms with Gasteiger partial charge in [0.05, 0.1) is 17.1 Å². The summed E-state index contributed by atoms with van der Waals surface area (Å²) in [6, 6.07) is 25.2. The smallest absolute Gasteiger partial charge is 0.297 e. The van der Waals surface area contributed by atoms with Gasteiger partial charge < -0.3 is 0 Å². The Balaban J connectivity index is 1.65. The van der Waals surface area contributed by atoms with Crippen molar-refractivity contribution in [2.75, 3.05) is 10.3 Å². The molecule has 0 saturated carbocycles. The Bertz CT molecular complexity index is 837. The Morgan fingerprint density at radius 3 is 1.92 bits per heavy atom. The van der Waals surface area contributed by atoms with Crippen LogP contribution in [0, 0.1) is 0 Å². The first-order chi connectivity index (χ1) is 11.8. The van der Waals surface area contributed by atoms with E-state index in [2.05, 4.69) is 10.9 Å². The number of hydrogen-bond acceptors (Lipinski definition) is 3. The number of nitrogens with one attached hydrogen (secondary N) is 2. The Morgan fingerprint density at radius 1 is 0.750 bits per heavy atom. The van der Waals surface area contributed by atoms with Crippen molar-refractivity contribution in [2.24, 2.45) is 0 Å². The van der Waals surface area contributed by atoms with Gasteiger partial charge in [-0.05, 0) is 36.4 Å². The maximum atomic E-state index is 12.8. The fourth-order valence-corrected chi connectivity index (χ4v) is 3.68. The van der Waals surface area contributed by atoms with Crippen molar-refractivity contribution in [3.63, 3.8) is 0 Å². The molecule has 1 aliphatic heterocycles. The molecule has 0 unspecified atom stereocenters. The third-order valence-corrected chi connectivity index (χ3v) is 4.85. The maximum Gasteiger partial charge on any atom is 0.345 e. The molecule has 118 valence electrons. The first kappa shape index (κ1) is 14.7. The van der Waals surface area contributed by atoms with Gasteiger partial charge in [-0.15, -0.1) is 0 Å². The molecule has 0 atom stereocenters. The number of rotatable bonds is 2. The molecule has 1 aliphatic rings. The van der Waals surface area contributed by atoms with E-state index in [1.54, 1.807) is 16.7 Å². The van der Waals surface area contributed by atoms with Gasteiger partial charge in [0.2, 0.25) is 0 Å². The fourth-order valence-electron chi connectivity index (χ4n) is 2.63. The van der Waals surface area contributed by atoms with Crippen molar-refractivity contribution in [3.05, 3.63) is 78.9 Å². The van der Waals surface area contributed by atoms with Gasteiger partial charge in [0.15, 0.2) is 0 Å². The molecule has 3 aromatic rings. The molecule has 0 aliphatic carbocycles. The van der Waals surface area contributed by atoms with Gasteiger partial charge in [-0.1, -0.05) is 54.2 Å². The number of carbonyl (C=O) groups excluding carboxylic acids is 1. The van der Waals surface area contributed by atoms with Crippen LogP contribution < -0.4 is 15.8 Å². The van der Waals surface area contributed by atoms with E-state index in [1.807, 2.05) is 78.9 Å². The summed E-state index contributed by atoms with van der Waals surface area (Å²) < 4.78 is 0. The molecule has 5 heteroatoms. The number of hydrazine groups is 1. The van der Waals surface area contributed by atoms with Gasteiger partial charge in [-0.25, -0.2) is 4.79 Å². The van der Waals surface area contributed by atoms with Crippen LogP contribution in [-0.2, 0) is 0 Å². The van der Waals surface area contributed by atoms with Crippen LogP contribution in [0.3, 0.4) is 0 Å². The lowest BCUT2D eigenvalue weighted by atomic mass is 10.2. The predicted octanol–water partition coefficient (Wildman–Crippen LogP) is 5.03. The Hall–Kier alpha value is -2.92. The van der Waals surface area contributed by atoms with Gasteiger partial charge in [-0.3, -0.25) is 15.8 Å². The van der Waals surface area contributed by atoms with E-state index >= 15 is 0 Å². The summed E-state index contributed by atoms with van der Waals surface area (Å²) in [5.74, 6) is 0. The minimum absolute atomic E-state index is 0.223. The largest absolute Gasteiger partial charge is 0.345 e. The number of urea groups is 1. The Labute approximate surface area is 144 Å². The molecule has 0 aromatic heterocycles. The van der Waals surface area contributed by atoms with Crippen molar-refractivity contribution in [3.8, 4) is 0 Å². The number of fused-ring (bicyclic) bond motifs is 2. The van der Waals surface area contributed by atoms with Crippen LogP contribution in [0.5, 0.6) is 0 Å². The van der Waals surface area contributed by atoms with Crippen molar-refractivity contribution >= 4 is 34.9 Å². The molecule has 4 rings (SSSR count). The molecule has 2 amide bonds. The predicted molar refractivity (Wildman–Crippen MR) is 97.7 cm³/mol. The first-order valence-electron chi connectivity index (χ1n) is 7.60. The van der Waals surface area contributed by atoms with Crippen LogP contribution in [0.4, 0.5) is 21.9 Å². The molecule has 0 saturated heterocycles. The van der Waals surface area contributed by atoms with Crippen LogP contribution in [0.2, 0.25) is 0 Å². The number of carbonyl (C=O) groups is 1. The molecule has 1 heterocycles. The molecule has 0 bridgehead atoms. The highest BCUT2D eigenvalue weighted by atomic mass is 32.2. The summed E-state index contributed by atoms with van der Waals surface area (Å²) in [5, 5.41) is 0. The molecule has 2 N–H and O–H groups in total. The van der Waals surface area contributed by atoms with E-state index in [4.69, 9.17) is 0 Å². The molecular formula is C19H15N3OS. The number of benzene rings is 3. The quantitative estimate of drug-likeness (QED) is 0.647. The van der Waals surface area contributed by atoms with E-state index in [0.29, 0.717) is 0 Å². The van der Waals surface area contributed by atoms with Crippen LogP contribution >= 0.6 is 11.8 Å². The molecule has 3 aromatic carbocycles. The molecule has 0 spiro atoms. The van der Waals surface area contributed by atoms with E-state index in [0.717, 1.165) is 26.9 Å². The van der Waals surface area contributed by atoms with Gasteiger partial charge in [0, 0.05) is 9.79 Å². The molecule has 0 fully saturated rings. The second-order valence-corrected chi connectivity index (χ2v) is 6.38. The standard InChI is InChI=1S/C19H15N3OS/c23-19(21-20-14-8-2-1-3-9-14)22-15-10-4-6-12-17(15)24-18-13-7-5-11-16(18)22/h1-13,20H,(H,21,23). The highest BCUT2D eigenvalue weighted by Crippen LogP contribution is 2.47. The van der Waals surface area contributed by atoms with E-state index in [9.17, 15) is 4.79 Å². The zero-order chi connectivity index (χ0) is 16.4. The normalized spacial score (nSPS) is 12.1. The van der Waals surface area contributed by atoms with Crippen LogP contribution in [0.1, 0.15) is 0 Å². The zero-order valence-electron chi connectivity index (χ0n) is 12.8. The van der Waals surface area contributed by atoms with Crippen molar-refractivity contribution < 1.29 is 4.79 Å². The summed E-state index contributed by atoms with van der Waals surface area (Å²) in [4.78, 5) is 16.7. The topological polar surface area (TPSA) is 44.4 Å². The van der Waals surface area contributed by atoms with Gasteiger partial charge >= 0.3 is 6.03 Å². The Kier molecular flexibility index (Phi) is 3.84. The van der Waals surface area contributed by atoms with E-state index in [-0.39, 0.29) is 6.03 Å². The first-order valence-corrected chi connectivity index (χ1v) is 8.42. The number of nitrogens with zero attached hydrogens (tertiary/aromatic N) is 1. The number of para-hydroxylation sites is 3. The summed E-state index contributed by atoms with van der Waals surface area (Å²) in [7, 11) is 0. The molecular weight excluding hydrogens is 318 g/mol. The molecule has 4 nitrogen and oxygen atoms in total. The lowest BCUT2D eigenvalue weighted by Crippen LogP contribution is -2.41. The van der Waals surface area contributed by atoms with Crippen LogP contribution in [0.15, 0.2) is 88.7 Å². The van der Waals surface area contributed by atoms with E-state index < -0.39 is 0 Å². The van der Waals surface area contributed by atoms with Crippen LogP contribution in [0.25, 0.3) is 0 Å². The molecule has 24 heavy (non-hydrogen) atoms. The van der Waals surface area contributed by atoms with Gasteiger partial charge in [0.25, 0.3) is 0 Å². The van der Waals surface area contributed by atoms with Crippen LogP contribution in [-0.4, -0.2) is 6.03 Å². The third-order valence-electron chi connectivity index (χ3n) is 3.72. The second kappa shape index (κ2) is 6.29. The van der Waals surface area contributed by atoms with E-state index in [1.165, 1.54) is 0 Å². The van der Waals surface area contributed by atoms with Gasteiger partial charge in [0.1, 0.15) is 0 Å². The third kappa shape index (κ3) is 2.70. The average molecular weight is 333 g/mol. The van der Waals surface area contributed by atoms with Crippen molar-refractivity contribution in [1.29, 1.82) is 0 Å². The lowest BCUT2D eigenvalue weighted by molar-refractivity contribution is 0.250. The monoisotopic (exact) mass is 333 g/mol. The summed E-state index contributed by atoms with van der Waals surface area (Å²) >= 11 is 1.68. The minimum Gasteiger partial charge on any atom is -0.297 e. The zero-order valence-corrected chi connectivity index (χ0v) is 13.6. The summed E-state index contributed by atoms with van der Waals surface area (Å²) in [5.41, 5.74) is 8.33. The average Bonchev–Trinajstić information content (AvgIpc) is 2.65. The number of hydrogen-bond donors (Lipinski definition) is 2. The van der Waals surface area contributed by atoms with Crippen molar-refractivity contribution in [2.45, 2.75) is 9.79 Å². The maximum absolute atomic E-state index is 12.8. The summed E-state index contributed by atoms with van der Waals surface area (Å²) in [6.07, 6.45) is 0. The lowest BCUT2D eigenvalue weighted by Gasteiger charge is -2.31. The highest BCUT2D eigenvalue weighted by Gasteiger charge is 2.27. The fraction of sp³-hybridized carbons (Fsp3) is 0. The SMILES string of the molecule is O=C(NNc1ccccc1)N1c2ccccc2Sc2ccccc21. The second-order valence-electron chi connectivity index (χ2n) is 5.29. The Morgan fingerprint density at radius 2 is 1.29 bits per heavy atom. The van der Waals surface area contributed by atoms with Crippen molar-refractivity contribution in [1.82, 2.24) is 5.43 Å². The summed E-state index contributed by atoms with van der Waals surface area (Å²) in [6.45, 7) is 0. The van der Waals surface area contributed by atoms with Gasteiger partial charge in [-0.2, -0.15) is 0 Å². The molecule has 0 radical (unpaired) electrons. The minimum atomic E-state index is -0.223. The number of amides is 2.